The molecular formula is C22H31N3O6S. The first-order valence-electron chi connectivity index (χ1n) is 11.3. The average Bonchev–Trinajstić information content (AvgIpc) is 3.30. The normalized spacial score (nSPS) is 22.2. The lowest BCUT2D eigenvalue weighted by Crippen LogP contribution is -2.52. The van der Waals surface area contributed by atoms with Crippen LogP contribution in [-0.2, 0) is 19.6 Å². The minimum absolute atomic E-state index is 0.0426. The molecule has 0 radical (unpaired) electrons. The highest BCUT2D eigenvalue weighted by molar-refractivity contribution is 7.89. The number of fused-ring (bicyclic) bond motifs is 1. The van der Waals surface area contributed by atoms with Crippen molar-refractivity contribution in [3.05, 3.63) is 18.2 Å². The van der Waals surface area contributed by atoms with Gasteiger partial charge in [-0.2, -0.15) is 4.31 Å². The quantitative estimate of drug-likeness (QED) is 0.704. The van der Waals surface area contributed by atoms with E-state index in [2.05, 4.69) is 5.32 Å². The van der Waals surface area contributed by atoms with Crippen LogP contribution in [0.15, 0.2) is 23.1 Å². The molecule has 3 aliphatic rings. The zero-order valence-corrected chi connectivity index (χ0v) is 19.4. The summed E-state index contributed by atoms with van der Waals surface area (Å²) in [5, 5.41) is 3.03. The predicted molar refractivity (Wildman–Crippen MR) is 117 cm³/mol. The monoisotopic (exact) mass is 465 g/mol. The number of ether oxygens (including phenoxy) is 2. The highest BCUT2D eigenvalue weighted by Crippen LogP contribution is 2.35. The highest BCUT2D eigenvalue weighted by Gasteiger charge is 2.40. The van der Waals surface area contributed by atoms with Crippen LogP contribution in [0, 0.1) is 5.92 Å². The van der Waals surface area contributed by atoms with Gasteiger partial charge in [-0.3, -0.25) is 9.59 Å². The second kappa shape index (κ2) is 9.27. The standard InChI is InChI=1S/C22H31N3O6S/c1-15(2)22(27)24-10-7-16(8-11-24)23-21(26)18-4-3-9-25(18)32(28,29)17-5-6-19-20(14-17)31-13-12-30-19/h5-6,14-16,18H,3-4,7-13H2,1-2H3,(H,23,26). The first-order chi connectivity index (χ1) is 15.3. The number of carbonyl (C=O) groups excluding carboxylic acids is 2. The van der Waals surface area contributed by atoms with Gasteiger partial charge < -0.3 is 19.7 Å². The summed E-state index contributed by atoms with van der Waals surface area (Å²) in [5.74, 6) is 0.743. The lowest BCUT2D eigenvalue weighted by Gasteiger charge is -2.34. The van der Waals surface area contributed by atoms with Crippen molar-refractivity contribution in [2.45, 2.75) is 56.5 Å². The zero-order valence-electron chi connectivity index (χ0n) is 18.6. The maximum atomic E-state index is 13.3. The van der Waals surface area contributed by atoms with E-state index in [4.69, 9.17) is 9.47 Å². The molecule has 9 nitrogen and oxygen atoms in total. The number of amides is 2. The fraction of sp³-hybridized carbons (Fsp3) is 0.636. The Hall–Kier alpha value is -2.33. The van der Waals surface area contributed by atoms with E-state index >= 15 is 0 Å². The Balaban J connectivity index is 1.41. The summed E-state index contributed by atoms with van der Waals surface area (Å²) < 4.78 is 38.9. The van der Waals surface area contributed by atoms with Gasteiger partial charge in [0, 0.05) is 37.7 Å². The van der Waals surface area contributed by atoms with E-state index in [1.807, 2.05) is 18.7 Å². The van der Waals surface area contributed by atoms with Crippen LogP contribution >= 0.6 is 0 Å². The van der Waals surface area contributed by atoms with Crippen LogP contribution in [0.5, 0.6) is 11.5 Å². The molecule has 176 valence electrons. The van der Waals surface area contributed by atoms with Crippen LogP contribution in [0.25, 0.3) is 0 Å². The summed E-state index contributed by atoms with van der Waals surface area (Å²) in [6.07, 6.45) is 2.46. The van der Waals surface area contributed by atoms with E-state index in [-0.39, 0.29) is 28.7 Å². The van der Waals surface area contributed by atoms with E-state index < -0.39 is 16.1 Å². The third-order valence-corrected chi connectivity index (χ3v) is 8.18. The smallest absolute Gasteiger partial charge is 0.243 e. The Bertz CT molecular complexity index is 972. The number of piperidine rings is 1. The summed E-state index contributed by atoms with van der Waals surface area (Å²) in [6.45, 7) is 6.07. The molecule has 3 heterocycles. The second-order valence-corrected chi connectivity index (χ2v) is 10.7. The van der Waals surface area contributed by atoms with Gasteiger partial charge in [0.1, 0.15) is 19.3 Å². The Labute approximate surface area is 189 Å². The van der Waals surface area contributed by atoms with Crippen LogP contribution in [0.2, 0.25) is 0 Å². The van der Waals surface area contributed by atoms with Gasteiger partial charge in [-0.1, -0.05) is 13.8 Å². The van der Waals surface area contributed by atoms with E-state index in [0.29, 0.717) is 70.0 Å². The van der Waals surface area contributed by atoms with E-state index in [1.165, 1.54) is 16.4 Å². The molecule has 2 amide bonds. The summed E-state index contributed by atoms with van der Waals surface area (Å²) >= 11 is 0. The molecule has 1 N–H and O–H groups in total. The number of benzene rings is 1. The van der Waals surface area contributed by atoms with Gasteiger partial charge in [-0.15, -0.1) is 0 Å². The summed E-state index contributed by atoms with van der Waals surface area (Å²) in [4.78, 5) is 27.1. The Morgan fingerprint density at radius 3 is 2.41 bits per heavy atom. The van der Waals surface area contributed by atoms with Gasteiger partial charge in [0.2, 0.25) is 21.8 Å². The summed E-state index contributed by atoms with van der Waals surface area (Å²) in [6, 6.07) is 3.77. The molecule has 1 aromatic rings. The lowest BCUT2D eigenvalue weighted by molar-refractivity contribution is -0.135. The number of likely N-dealkylation sites (tertiary alicyclic amines) is 1. The first kappa shape index (κ1) is 22.8. The molecule has 1 atom stereocenters. The highest BCUT2D eigenvalue weighted by atomic mass is 32.2. The fourth-order valence-corrected chi connectivity index (χ4v) is 6.19. The van der Waals surface area contributed by atoms with E-state index in [1.54, 1.807) is 6.07 Å². The molecule has 0 aliphatic carbocycles. The molecule has 1 aromatic carbocycles. The van der Waals surface area contributed by atoms with Crippen molar-refractivity contribution in [2.75, 3.05) is 32.8 Å². The Morgan fingerprint density at radius 1 is 1.03 bits per heavy atom. The lowest BCUT2D eigenvalue weighted by atomic mass is 10.0. The average molecular weight is 466 g/mol. The third-order valence-electron chi connectivity index (χ3n) is 6.27. The van der Waals surface area contributed by atoms with Gasteiger partial charge in [-0.05, 0) is 37.8 Å². The minimum Gasteiger partial charge on any atom is -0.486 e. The topological polar surface area (TPSA) is 105 Å². The van der Waals surface area contributed by atoms with Crippen molar-refractivity contribution in [1.29, 1.82) is 0 Å². The van der Waals surface area contributed by atoms with Crippen LogP contribution in [0.1, 0.15) is 39.5 Å². The summed E-state index contributed by atoms with van der Waals surface area (Å²) in [5.41, 5.74) is 0. The number of carbonyl (C=O) groups is 2. The number of nitrogens with one attached hydrogen (secondary N) is 1. The molecule has 2 fully saturated rings. The number of nitrogens with zero attached hydrogens (tertiary/aromatic N) is 2. The van der Waals surface area contributed by atoms with Crippen molar-refractivity contribution >= 4 is 21.8 Å². The molecule has 0 saturated carbocycles. The number of hydrogen-bond donors (Lipinski definition) is 1. The first-order valence-corrected chi connectivity index (χ1v) is 12.7. The SMILES string of the molecule is CC(C)C(=O)N1CCC(NC(=O)C2CCCN2S(=O)(=O)c2ccc3c(c2)OCCO3)CC1. The largest absolute Gasteiger partial charge is 0.486 e. The van der Waals surface area contributed by atoms with Gasteiger partial charge in [0.05, 0.1) is 4.90 Å². The van der Waals surface area contributed by atoms with Crippen molar-refractivity contribution in [1.82, 2.24) is 14.5 Å². The molecule has 2 saturated heterocycles. The Kier molecular flexibility index (Phi) is 6.62. The van der Waals surface area contributed by atoms with Crippen molar-refractivity contribution < 1.29 is 27.5 Å². The van der Waals surface area contributed by atoms with Gasteiger partial charge in [-0.25, -0.2) is 8.42 Å². The van der Waals surface area contributed by atoms with Gasteiger partial charge in [0.15, 0.2) is 11.5 Å². The molecular weight excluding hydrogens is 434 g/mol. The maximum Gasteiger partial charge on any atom is 0.243 e. The molecule has 1 unspecified atom stereocenters. The molecule has 0 bridgehead atoms. The molecule has 32 heavy (non-hydrogen) atoms. The predicted octanol–water partition coefficient (Wildman–Crippen LogP) is 1.37. The number of rotatable bonds is 5. The van der Waals surface area contributed by atoms with Crippen LogP contribution < -0.4 is 14.8 Å². The van der Waals surface area contributed by atoms with E-state index in [9.17, 15) is 18.0 Å². The van der Waals surface area contributed by atoms with Gasteiger partial charge in [0.25, 0.3) is 0 Å². The third kappa shape index (κ3) is 4.56. The number of sulfonamides is 1. The molecule has 4 rings (SSSR count). The molecule has 3 aliphatic heterocycles. The minimum atomic E-state index is -3.85. The molecule has 0 spiro atoms. The van der Waals surface area contributed by atoms with Crippen molar-refractivity contribution in [2.24, 2.45) is 5.92 Å². The Morgan fingerprint density at radius 2 is 1.72 bits per heavy atom. The second-order valence-electron chi connectivity index (χ2n) is 8.84. The van der Waals surface area contributed by atoms with Crippen molar-refractivity contribution in [3.63, 3.8) is 0 Å². The van der Waals surface area contributed by atoms with Crippen LogP contribution in [0.4, 0.5) is 0 Å². The fourth-order valence-electron chi connectivity index (χ4n) is 4.52. The van der Waals surface area contributed by atoms with Crippen LogP contribution in [-0.4, -0.2) is 74.4 Å². The van der Waals surface area contributed by atoms with Crippen LogP contribution in [0.3, 0.4) is 0 Å². The summed E-state index contributed by atoms with van der Waals surface area (Å²) in [7, 11) is -3.85. The van der Waals surface area contributed by atoms with Gasteiger partial charge >= 0.3 is 0 Å². The zero-order chi connectivity index (χ0) is 22.9. The molecule has 10 heteroatoms. The number of hydrogen-bond acceptors (Lipinski definition) is 6. The molecule has 0 aromatic heterocycles. The van der Waals surface area contributed by atoms with Crippen molar-refractivity contribution in [3.8, 4) is 11.5 Å². The maximum absolute atomic E-state index is 13.3. The van der Waals surface area contributed by atoms with E-state index in [0.717, 1.165) is 0 Å².